The van der Waals surface area contributed by atoms with E-state index in [1.165, 1.54) is 54.4 Å². The van der Waals surface area contributed by atoms with E-state index in [1.54, 1.807) is 0 Å². The molecule has 0 N–H and O–H groups in total. The predicted molar refractivity (Wildman–Crippen MR) is 242 cm³/mol. The third-order valence-corrected chi connectivity index (χ3v) is 11.7. The zero-order valence-electron chi connectivity index (χ0n) is 31.4. The molecule has 0 amide bonds. The second kappa shape index (κ2) is 12.9. The number of rotatable bonds is 5. The molecule has 0 saturated heterocycles. The lowest BCUT2D eigenvalue weighted by Crippen LogP contribution is -1.97. The fourth-order valence-corrected chi connectivity index (χ4v) is 9.03. The van der Waals surface area contributed by atoms with Crippen LogP contribution in [0.2, 0.25) is 0 Å². The van der Waals surface area contributed by atoms with Crippen molar-refractivity contribution in [3.8, 4) is 45.0 Å². The summed E-state index contributed by atoms with van der Waals surface area (Å²) in [5, 5.41) is 7.48. The van der Waals surface area contributed by atoms with Crippen molar-refractivity contribution in [1.82, 2.24) is 19.1 Å². The van der Waals surface area contributed by atoms with Gasteiger partial charge in [0.25, 0.3) is 0 Å². The van der Waals surface area contributed by atoms with Gasteiger partial charge in [-0.25, -0.2) is 9.97 Å². The van der Waals surface area contributed by atoms with Crippen LogP contribution < -0.4 is 0 Å². The van der Waals surface area contributed by atoms with Gasteiger partial charge in [0, 0.05) is 44.0 Å². The number of nitrogens with zero attached hydrogens (tertiary/aromatic N) is 4. The molecule has 4 heteroatoms. The van der Waals surface area contributed by atoms with Crippen LogP contribution in [0.3, 0.4) is 0 Å². The first kappa shape index (κ1) is 32.4. The predicted octanol–water partition coefficient (Wildman–Crippen LogP) is 14.0. The smallest absolute Gasteiger partial charge is 0.0973 e. The van der Waals surface area contributed by atoms with Crippen LogP contribution in [0.5, 0.6) is 0 Å². The lowest BCUT2D eigenvalue weighted by molar-refractivity contribution is 1.17. The molecule has 0 radical (unpaired) electrons. The monoisotopic (exact) mass is 738 g/mol. The molecule has 0 aliphatic carbocycles. The highest BCUT2D eigenvalue weighted by atomic mass is 15.0. The van der Waals surface area contributed by atoms with E-state index >= 15 is 0 Å². The fraction of sp³-hybridized carbons (Fsp3) is 0. The highest BCUT2D eigenvalue weighted by molar-refractivity contribution is 6.25. The van der Waals surface area contributed by atoms with Gasteiger partial charge >= 0.3 is 0 Å². The van der Waals surface area contributed by atoms with E-state index in [-0.39, 0.29) is 0 Å². The van der Waals surface area contributed by atoms with Gasteiger partial charge in [-0.15, -0.1) is 0 Å². The zero-order valence-corrected chi connectivity index (χ0v) is 31.4. The molecule has 270 valence electrons. The lowest BCUT2D eigenvalue weighted by atomic mass is 10.0. The molecule has 12 aromatic rings. The van der Waals surface area contributed by atoms with Crippen LogP contribution in [0.1, 0.15) is 0 Å². The molecule has 0 saturated carbocycles. The first-order valence-corrected chi connectivity index (χ1v) is 19.7. The van der Waals surface area contributed by atoms with Gasteiger partial charge in [0.2, 0.25) is 0 Å². The van der Waals surface area contributed by atoms with Crippen molar-refractivity contribution in [2.45, 2.75) is 0 Å². The third-order valence-electron chi connectivity index (χ3n) is 11.7. The third kappa shape index (κ3) is 5.02. The normalized spacial score (nSPS) is 11.8. The fourth-order valence-electron chi connectivity index (χ4n) is 9.03. The Bertz CT molecular complexity index is 3550. The van der Waals surface area contributed by atoms with E-state index in [4.69, 9.17) is 9.97 Å². The van der Waals surface area contributed by atoms with Gasteiger partial charge in [0.05, 0.1) is 44.5 Å². The maximum atomic E-state index is 5.30. The minimum atomic E-state index is 0.862. The van der Waals surface area contributed by atoms with E-state index in [0.717, 1.165) is 56.0 Å². The van der Waals surface area contributed by atoms with Crippen molar-refractivity contribution in [3.63, 3.8) is 0 Å². The summed E-state index contributed by atoms with van der Waals surface area (Å²) in [5.74, 6) is 0. The molecule has 12 rings (SSSR count). The highest BCUT2D eigenvalue weighted by Crippen LogP contribution is 2.42. The minimum absolute atomic E-state index is 0.862. The van der Waals surface area contributed by atoms with Crippen molar-refractivity contribution >= 4 is 65.4 Å². The molecule has 0 bridgehead atoms. The van der Waals surface area contributed by atoms with E-state index in [2.05, 4.69) is 203 Å². The summed E-state index contributed by atoms with van der Waals surface area (Å²) in [5.41, 5.74) is 14.8. The van der Waals surface area contributed by atoms with E-state index in [1.807, 2.05) is 12.1 Å². The number of hydrogen-bond donors (Lipinski definition) is 0. The number of hydrogen-bond acceptors (Lipinski definition) is 2. The summed E-state index contributed by atoms with van der Waals surface area (Å²) in [6.07, 6.45) is 0. The van der Waals surface area contributed by atoms with Gasteiger partial charge in [0.1, 0.15) is 0 Å². The summed E-state index contributed by atoms with van der Waals surface area (Å²) in [4.78, 5) is 10.5. The van der Waals surface area contributed by atoms with Gasteiger partial charge in [-0.05, 0) is 82.6 Å². The van der Waals surface area contributed by atoms with Crippen molar-refractivity contribution in [3.05, 3.63) is 206 Å². The Morgan fingerprint density at radius 3 is 1.66 bits per heavy atom. The van der Waals surface area contributed by atoms with E-state index < -0.39 is 0 Å². The Morgan fingerprint density at radius 2 is 0.879 bits per heavy atom. The molecular formula is C54H34N4. The Kier molecular flexibility index (Phi) is 7.20. The van der Waals surface area contributed by atoms with Crippen LogP contribution in [0, 0.1) is 0 Å². The SMILES string of the molecule is c1ccc(-c2nc3ccc(-c4cccc(-n5c6cc7c(cc6c6c8ccccc8ccc65)c5ccccc5n7-c5ccccc5)c4)cc3nc2-c2ccccc2)cc1. The molecule has 0 fully saturated rings. The van der Waals surface area contributed by atoms with Crippen LogP contribution in [-0.2, 0) is 0 Å². The minimum Gasteiger partial charge on any atom is -0.309 e. The molecule has 0 spiro atoms. The van der Waals surface area contributed by atoms with Gasteiger partial charge in [0.15, 0.2) is 0 Å². The van der Waals surface area contributed by atoms with Crippen LogP contribution in [0.15, 0.2) is 206 Å². The summed E-state index contributed by atoms with van der Waals surface area (Å²) in [6, 6.07) is 73.7. The molecular weight excluding hydrogens is 705 g/mol. The topological polar surface area (TPSA) is 35.6 Å². The van der Waals surface area contributed by atoms with Gasteiger partial charge in [-0.1, -0.05) is 146 Å². The van der Waals surface area contributed by atoms with Gasteiger partial charge in [-0.3, -0.25) is 0 Å². The molecule has 0 unspecified atom stereocenters. The average Bonchev–Trinajstić information content (AvgIpc) is 3.80. The van der Waals surface area contributed by atoms with Crippen LogP contribution in [0.25, 0.3) is 110 Å². The largest absolute Gasteiger partial charge is 0.309 e. The second-order valence-corrected chi connectivity index (χ2v) is 15.0. The quantitative estimate of drug-likeness (QED) is 0.176. The maximum Gasteiger partial charge on any atom is 0.0973 e. The molecule has 58 heavy (non-hydrogen) atoms. The number of aromatic nitrogens is 4. The van der Waals surface area contributed by atoms with Crippen LogP contribution in [0.4, 0.5) is 0 Å². The number of benzene rings is 9. The average molecular weight is 739 g/mol. The maximum absolute atomic E-state index is 5.30. The summed E-state index contributed by atoms with van der Waals surface area (Å²) in [6.45, 7) is 0. The number of para-hydroxylation sites is 2. The molecule has 0 aliphatic heterocycles. The molecule has 3 aromatic heterocycles. The summed E-state index contributed by atoms with van der Waals surface area (Å²) >= 11 is 0. The molecule has 0 atom stereocenters. The van der Waals surface area contributed by atoms with Gasteiger partial charge < -0.3 is 9.13 Å². The Hall–Kier alpha value is -7.82. The molecule has 4 nitrogen and oxygen atoms in total. The summed E-state index contributed by atoms with van der Waals surface area (Å²) in [7, 11) is 0. The Labute approximate surface area is 334 Å². The molecule has 3 heterocycles. The van der Waals surface area contributed by atoms with Crippen molar-refractivity contribution in [2.75, 3.05) is 0 Å². The Balaban J connectivity index is 1.09. The van der Waals surface area contributed by atoms with Crippen molar-refractivity contribution in [1.29, 1.82) is 0 Å². The van der Waals surface area contributed by atoms with Crippen LogP contribution in [-0.4, -0.2) is 19.1 Å². The summed E-state index contributed by atoms with van der Waals surface area (Å²) < 4.78 is 4.86. The standard InChI is InChI=1S/C54H34N4/c1-4-16-36(17-5-1)53-54(37-18-6-2-7-19-37)56-47-32-39(27-29-46(47)55-53)38-20-14-23-41(31-38)58-49-30-28-35-15-10-11-24-42(35)52(49)45-33-44-43-25-12-13-26-48(43)57(50(44)34-51(45)58)40-21-8-3-9-22-40/h1-34H. The van der Waals surface area contributed by atoms with E-state index in [0.29, 0.717) is 0 Å². The Morgan fingerprint density at radius 1 is 0.293 bits per heavy atom. The lowest BCUT2D eigenvalue weighted by Gasteiger charge is -2.13. The number of fused-ring (bicyclic) bond motifs is 9. The first-order chi connectivity index (χ1) is 28.8. The molecule has 0 aliphatic rings. The van der Waals surface area contributed by atoms with Gasteiger partial charge in [-0.2, -0.15) is 0 Å². The highest BCUT2D eigenvalue weighted by Gasteiger charge is 2.20. The first-order valence-electron chi connectivity index (χ1n) is 19.7. The molecule has 9 aromatic carbocycles. The second-order valence-electron chi connectivity index (χ2n) is 15.0. The van der Waals surface area contributed by atoms with E-state index in [9.17, 15) is 0 Å². The van der Waals surface area contributed by atoms with Crippen LogP contribution >= 0.6 is 0 Å². The van der Waals surface area contributed by atoms with Crippen molar-refractivity contribution in [2.24, 2.45) is 0 Å². The van der Waals surface area contributed by atoms with Crippen molar-refractivity contribution < 1.29 is 0 Å². The zero-order chi connectivity index (χ0) is 38.2.